The smallest absolute Gasteiger partial charge is 0.295 e. The number of carbonyl (C=O) groups excluding carboxylic acids is 1. The molecule has 0 aliphatic carbocycles. The van der Waals surface area contributed by atoms with Crippen LogP contribution in [0.3, 0.4) is 0 Å². The van der Waals surface area contributed by atoms with Crippen molar-refractivity contribution in [2.75, 3.05) is 18.1 Å². The first-order chi connectivity index (χ1) is 13.7. The standard InChI is InChI=1S/C21H17BrN2O3S/c22-14-7-8-16-19(11-14)28-21(23-16)24(12-15-5-3-9-26-15)20(25)18-10-13-4-1-2-6-17(13)27-18/h1-2,4,6-8,10-11,15H,3,5,9,12H2. The van der Waals surface area contributed by atoms with E-state index in [1.165, 1.54) is 11.3 Å². The number of halogens is 1. The second-order valence-corrected chi connectivity index (χ2v) is 8.73. The summed E-state index contributed by atoms with van der Waals surface area (Å²) in [5.41, 5.74) is 1.58. The second-order valence-electron chi connectivity index (χ2n) is 6.81. The lowest BCUT2D eigenvalue weighted by Crippen LogP contribution is -2.37. The number of benzene rings is 2. The third kappa shape index (κ3) is 3.34. The van der Waals surface area contributed by atoms with Crippen LogP contribution in [-0.2, 0) is 4.74 Å². The Kier molecular flexibility index (Phi) is 4.66. The molecule has 28 heavy (non-hydrogen) atoms. The maximum absolute atomic E-state index is 13.4. The summed E-state index contributed by atoms with van der Waals surface area (Å²) in [6, 6.07) is 15.4. The molecule has 0 bridgehead atoms. The van der Waals surface area contributed by atoms with Crippen molar-refractivity contribution in [1.29, 1.82) is 0 Å². The van der Waals surface area contributed by atoms with Gasteiger partial charge >= 0.3 is 0 Å². The van der Waals surface area contributed by atoms with E-state index in [-0.39, 0.29) is 12.0 Å². The normalized spacial score (nSPS) is 16.8. The molecule has 0 radical (unpaired) electrons. The number of para-hydroxylation sites is 1. The van der Waals surface area contributed by atoms with Crippen molar-refractivity contribution in [2.24, 2.45) is 0 Å². The Bertz CT molecular complexity index is 1130. The van der Waals surface area contributed by atoms with Crippen molar-refractivity contribution in [3.05, 3.63) is 58.8 Å². The minimum atomic E-state index is -0.190. The highest BCUT2D eigenvalue weighted by molar-refractivity contribution is 9.10. The van der Waals surface area contributed by atoms with Gasteiger partial charge in [-0.25, -0.2) is 4.98 Å². The number of ether oxygens (including phenoxy) is 1. The molecular formula is C21H17BrN2O3S. The van der Waals surface area contributed by atoms with Gasteiger partial charge < -0.3 is 9.15 Å². The summed E-state index contributed by atoms with van der Waals surface area (Å²) in [5.74, 6) is 0.129. The van der Waals surface area contributed by atoms with Crippen LogP contribution in [-0.4, -0.2) is 30.1 Å². The molecule has 0 spiro atoms. The number of hydrogen-bond acceptors (Lipinski definition) is 5. The number of amides is 1. The Morgan fingerprint density at radius 1 is 1.25 bits per heavy atom. The summed E-state index contributed by atoms with van der Waals surface area (Å²) in [6.07, 6.45) is 1.98. The van der Waals surface area contributed by atoms with Crippen molar-refractivity contribution in [3.8, 4) is 0 Å². The van der Waals surface area contributed by atoms with Gasteiger partial charge in [0.2, 0.25) is 0 Å². The van der Waals surface area contributed by atoms with E-state index in [0.717, 1.165) is 39.5 Å². The lowest BCUT2D eigenvalue weighted by molar-refractivity contribution is 0.0896. The van der Waals surface area contributed by atoms with E-state index in [2.05, 4.69) is 15.9 Å². The molecule has 1 unspecified atom stereocenters. The van der Waals surface area contributed by atoms with Crippen molar-refractivity contribution in [1.82, 2.24) is 4.98 Å². The zero-order valence-electron chi connectivity index (χ0n) is 14.9. The highest BCUT2D eigenvalue weighted by Gasteiger charge is 2.29. The maximum Gasteiger partial charge on any atom is 0.295 e. The van der Waals surface area contributed by atoms with E-state index in [1.54, 1.807) is 11.0 Å². The molecule has 1 fully saturated rings. The Morgan fingerprint density at radius 2 is 2.14 bits per heavy atom. The fraction of sp³-hybridized carbons (Fsp3) is 0.238. The van der Waals surface area contributed by atoms with Gasteiger partial charge in [-0.15, -0.1) is 0 Å². The molecule has 1 atom stereocenters. The molecule has 1 aliphatic heterocycles. The van der Waals surface area contributed by atoms with Crippen molar-refractivity contribution in [2.45, 2.75) is 18.9 Å². The molecule has 2 aromatic carbocycles. The Labute approximate surface area is 174 Å². The summed E-state index contributed by atoms with van der Waals surface area (Å²) >= 11 is 5.00. The highest BCUT2D eigenvalue weighted by atomic mass is 79.9. The number of fused-ring (bicyclic) bond motifs is 2. The van der Waals surface area contributed by atoms with Gasteiger partial charge in [-0.2, -0.15) is 0 Å². The first-order valence-electron chi connectivity index (χ1n) is 9.15. The van der Waals surface area contributed by atoms with Crippen LogP contribution >= 0.6 is 27.3 Å². The SMILES string of the molecule is O=C(c1cc2ccccc2o1)N(CC1CCCO1)c1nc2ccc(Br)cc2s1. The first kappa shape index (κ1) is 17.8. The van der Waals surface area contributed by atoms with Crippen molar-refractivity contribution >= 4 is 59.5 Å². The van der Waals surface area contributed by atoms with Crippen LogP contribution in [0, 0.1) is 0 Å². The largest absolute Gasteiger partial charge is 0.451 e. The van der Waals surface area contributed by atoms with Gasteiger partial charge in [0.05, 0.1) is 22.9 Å². The summed E-state index contributed by atoms with van der Waals surface area (Å²) in [6.45, 7) is 1.21. The molecule has 1 amide bonds. The number of aromatic nitrogens is 1. The molecule has 1 saturated heterocycles. The molecule has 1 aliphatic rings. The average molecular weight is 457 g/mol. The second kappa shape index (κ2) is 7.31. The van der Waals surface area contributed by atoms with E-state index in [9.17, 15) is 4.79 Å². The summed E-state index contributed by atoms with van der Waals surface area (Å²) in [5, 5.41) is 1.57. The van der Waals surface area contributed by atoms with Crippen LogP contribution in [0.5, 0.6) is 0 Å². The number of carbonyl (C=O) groups is 1. The van der Waals surface area contributed by atoms with Crippen molar-refractivity contribution < 1.29 is 13.9 Å². The number of nitrogens with zero attached hydrogens (tertiary/aromatic N) is 2. The number of furan rings is 1. The van der Waals surface area contributed by atoms with E-state index >= 15 is 0 Å². The fourth-order valence-electron chi connectivity index (χ4n) is 3.46. The fourth-order valence-corrected chi connectivity index (χ4v) is 4.99. The Morgan fingerprint density at radius 3 is 2.96 bits per heavy atom. The minimum absolute atomic E-state index is 0.0204. The molecule has 5 nitrogen and oxygen atoms in total. The number of anilines is 1. The Hall–Kier alpha value is -2.22. The van der Waals surface area contributed by atoms with Gasteiger partial charge in [-0.05, 0) is 43.2 Å². The topological polar surface area (TPSA) is 55.6 Å². The molecule has 0 N–H and O–H groups in total. The zero-order chi connectivity index (χ0) is 19.1. The summed E-state index contributed by atoms with van der Waals surface area (Å²) < 4.78 is 13.6. The molecule has 0 saturated carbocycles. The van der Waals surface area contributed by atoms with Crippen LogP contribution in [0.15, 0.2) is 57.4 Å². The number of rotatable bonds is 4. The van der Waals surface area contributed by atoms with Gasteiger partial charge in [0.1, 0.15) is 5.58 Å². The average Bonchev–Trinajstić information content (AvgIpc) is 3.43. The van der Waals surface area contributed by atoms with Crippen LogP contribution < -0.4 is 4.90 Å². The summed E-state index contributed by atoms with van der Waals surface area (Å²) in [4.78, 5) is 19.8. The molecule has 2 aromatic heterocycles. The first-order valence-corrected chi connectivity index (χ1v) is 10.8. The van der Waals surface area contributed by atoms with E-state index in [0.29, 0.717) is 23.0 Å². The van der Waals surface area contributed by atoms with Crippen LogP contribution in [0.4, 0.5) is 5.13 Å². The monoisotopic (exact) mass is 456 g/mol. The lowest BCUT2D eigenvalue weighted by Gasteiger charge is -2.22. The number of hydrogen-bond donors (Lipinski definition) is 0. The molecule has 142 valence electrons. The van der Waals surface area contributed by atoms with Crippen LogP contribution in [0.1, 0.15) is 23.4 Å². The molecule has 5 rings (SSSR count). The van der Waals surface area contributed by atoms with Gasteiger partial charge in [0.15, 0.2) is 10.9 Å². The predicted molar refractivity (Wildman–Crippen MR) is 114 cm³/mol. The minimum Gasteiger partial charge on any atom is -0.451 e. The van der Waals surface area contributed by atoms with Crippen LogP contribution in [0.25, 0.3) is 21.2 Å². The van der Waals surface area contributed by atoms with Crippen molar-refractivity contribution in [3.63, 3.8) is 0 Å². The third-order valence-corrected chi connectivity index (χ3v) is 6.40. The van der Waals surface area contributed by atoms with Gasteiger partial charge in [0, 0.05) is 16.5 Å². The van der Waals surface area contributed by atoms with E-state index in [4.69, 9.17) is 14.1 Å². The molecule has 3 heterocycles. The van der Waals surface area contributed by atoms with E-state index in [1.807, 2.05) is 42.5 Å². The molecule has 7 heteroatoms. The lowest BCUT2D eigenvalue weighted by atomic mass is 10.2. The van der Waals surface area contributed by atoms with E-state index < -0.39 is 0 Å². The zero-order valence-corrected chi connectivity index (χ0v) is 17.3. The maximum atomic E-state index is 13.4. The Balaban J connectivity index is 1.55. The van der Waals surface area contributed by atoms with Gasteiger partial charge in [0.25, 0.3) is 5.91 Å². The third-order valence-electron chi connectivity index (χ3n) is 4.86. The highest BCUT2D eigenvalue weighted by Crippen LogP contribution is 2.33. The molecule has 4 aromatic rings. The van der Waals surface area contributed by atoms with Gasteiger partial charge in [-0.1, -0.05) is 45.5 Å². The number of thiazole rings is 1. The predicted octanol–water partition coefficient (Wildman–Crippen LogP) is 5.63. The van der Waals surface area contributed by atoms with Crippen LogP contribution in [0.2, 0.25) is 0 Å². The van der Waals surface area contributed by atoms with Gasteiger partial charge in [-0.3, -0.25) is 9.69 Å². The quantitative estimate of drug-likeness (QED) is 0.399. The molecular weight excluding hydrogens is 440 g/mol. The summed E-state index contributed by atoms with van der Waals surface area (Å²) in [7, 11) is 0.